The number of hydrogen-bond acceptors (Lipinski definition) is 4. The quantitative estimate of drug-likeness (QED) is 0.667. The zero-order valence-electron chi connectivity index (χ0n) is 17.4. The van der Waals surface area contributed by atoms with E-state index in [0.29, 0.717) is 11.8 Å². The van der Waals surface area contributed by atoms with Crippen molar-refractivity contribution in [2.24, 2.45) is 5.92 Å². The molecule has 1 aromatic heterocycles. The number of carbonyl (C=O) groups is 1. The second-order valence-corrected chi connectivity index (χ2v) is 9.43. The van der Waals surface area contributed by atoms with E-state index in [0.717, 1.165) is 26.2 Å². The zero-order valence-corrected chi connectivity index (χ0v) is 18.2. The monoisotopic (exact) mass is 400 g/mol. The number of ether oxygens (including phenoxy) is 1. The van der Waals surface area contributed by atoms with Crippen LogP contribution in [-0.2, 0) is 16.1 Å². The van der Waals surface area contributed by atoms with Gasteiger partial charge in [-0.15, -0.1) is 11.3 Å². The molecule has 1 aromatic carbocycles. The number of benzene rings is 1. The fourth-order valence-electron chi connectivity index (χ4n) is 4.20. The molecule has 2 aromatic rings. The third-order valence-electron chi connectivity index (χ3n) is 5.56. The third kappa shape index (κ3) is 5.22. The van der Waals surface area contributed by atoms with Crippen molar-refractivity contribution in [3.05, 3.63) is 57.8 Å². The van der Waals surface area contributed by atoms with Crippen LogP contribution in [-0.4, -0.2) is 55.1 Å². The molecule has 0 radical (unpaired) electrons. The minimum atomic E-state index is 0.0802. The van der Waals surface area contributed by atoms with E-state index in [2.05, 4.69) is 68.1 Å². The van der Waals surface area contributed by atoms with Crippen LogP contribution in [0.1, 0.15) is 35.1 Å². The number of amides is 1. The first-order valence-electron chi connectivity index (χ1n) is 10.1. The molecule has 5 heteroatoms. The standard InChI is InChI=1S/C23H32N2O2S/c1-17(2)25(23(26)16-27-4)13-20-12-24(14-21-11-10-18(3)28-21)15-22(20)19-8-6-5-7-9-19/h5-11,17,20,22H,12-16H2,1-4H3. The number of thiophene rings is 1. The maximum atomic E-state index is 12.6. The van der Waals surface area contributed by atoms with Gasteiger partial charge in [-0.2, -0.15) is 0 Å². The fraction of sp³-hybridized carbons (Fsp3) is 0.522. The second kappa shape index (κ2) is 9.68. The minimum absolute atomic E-state index is 0.0802. The molecule has 28 heavy (non-hydrogen) atoms. The predicted octanol–water partition coefficient (Wildman–Crippen LogP) is 4.16. The Labute approximate surface area is 173 Å². The first-order chi connectivity index (χ1) is 13.5. The van der Waals surface area contributed by atoms with Gasteiger partial charge in [-0.05, 0) is 44.4 Å². The van der Waals surface area contributed by atoms with Gasteiger partial charge in [-0.3, -0.25) is 9.69 Å². The highest BCUT2D eigenvalue weighted by molar-refractivity contribution is 7.11. The van der Waals surface area contributed by atoms with Crippen LogP contribution < -0.4 is 0 Å². The van der Waals surface area contributed by atoms with Gasteiger partial charge < -0.3 is 9.64 Å². The van der Waals surface area contributed by atoms with Gasteiger partial charge in [0.2, 0.25) is 5.91 Å². The molecule has 1 aliphatic rings. The van der Waals surface area contributed by atoms with E-state index < -0.39 is 0 Å². The molecule has 0 bridgehead atoms. The predicted molar refractivity (Wildman–Crippen MR) is 116 cm³/mol. The Balaban J connectivity index is 1.77. The molecule has 0 N–H and O–H groups in total. The van der Waals surface area contributed by atoms with Crippen molar-refractivity contribution >= 4 is 17.2 Å². The number of nitrogens with zero attached hydrogens (tertiary/aromatic N) is 2. The molecule has 2 atom stereocenters. The smallest absolute Gasteiger partial charge is 0.248 e. The lowest BCUT2D eigenvalue weighted by Crippen LogP contribution is -2.43. The summed E-state index contributed by atoms with van der Waals surface area (Å²) in [5, 5.41) is 0. The zero-order chi connectivity index (χ0) is 20.1. The molecular weight excluding hydrogens is 368 g/mol. The molecule has 152 valence electrons. The average molecular weight is 401 g/mol. The van der Waals surface area contributed by atoms with Gasteiger partial charge in [0.25, 0.3) is 0 Å². The lowest BCUT2D eigenvalue weighted by molar-refractivity contribution is -0.137. The highest BCUT2D eigenvalue weighted by atomic mass is 32.1. The van der Waals surface area contributed by atoms with Crippen LogP contribution in [0.2, 0.25) is 0 Å². The molecule has 1 amide bonds. The van der Waals surface area contributed by atoms with Crippen LogP contribution in [0.25, 0.3) is 0 Å². The molecule has 0 spiro atoms. The summed E-state index contributed by atoms with van der Waals surface area (Å²) in [6, 6.07) is 15.4. The van der Waals surface area contributed by atoms with Crippen molar-refractivity contribution in [2.45, 2.75) is 39.3 Å². The molecule has 2 unspecified atom stereocenters. The Morgan fingerprint density at radius 3 is 2.57 bits per heavy atom. The van der Waals surface area contributed by atoms with Crippen molar-refractivity contribution in [3.8, 4) is 0 Å². The Bertz CT molecular complexity index is 759. The Morgan fingerprint density at radius 1 is 1.21 bits per heavy atom. The van der Waals surface area contributed by atoms with Crippen LogP contribution in [0.4, 0.5) is 0 Å². The van der Waals surface area contributed by atoms with Crippen molar-refractivity contribution in [2.75, 3.05) is 33.4 Å². The van der Waals surface area contributed by atoms with E-state index >= 15 is 0 Å². The molecule has 0 saturated carbocycles. The molecule has 4 nitrogen and oxygen atoms in total. The van der Waals surface area contributed by atoms with Gasteiger partial charge in [-0.25, -0.2) is 0 Å². The summed E-state index contributed by atoms with van der Waals surface area (Å²) in [6.07, 6.45) is 0. The maximum Gasteiger partial charge on any atom is 0.248 e. The van der Waals surface area contributed by atoms with E-state index in [-0.39, 0.29) is 18.6 Å². The summed E-state index contributed by atoms with van der Waals surface area (Å²) < 4.78 is 5.11. The van der Waals surface area contributed by atoms with Crippen LogP contribution in [0.15, 0.2) is 42.5 Å². The SMILES string of the molecule is COCC(=O)N(CC1CN(Cc2ccc(C)s2)CC1c1ccccc1)C(C)C. The van der Waals surface area contributed by atoms with Crippen molar-refractivity contribution in [3.63, 3.8) is 0 Å². The number of hydrogen-bond donors (Lipinski definition) is 0. The summed E-state index contributed by atoms with van der Waals surface area (Å²) >= 11 is 1.88. The van der Waals surface area contributed by atoms with Gasteiger partial charge in [0.15, 0.2) is 0 Å². The topological polar surface area (TPSA) is 32.8 Å². The van der Waals surface area contributed by atoms with Crippen LogP contribution in [0.5, 0.6) is 0 Å². The summed E-state index contributed by atoms with van der Waals surface area (Å²) in [5.74, 6) is 0.946. The molecule has 3 rings (SSSR count). The van der Waals surface area contributed by atoms with Crippen molar-refractivity contribution < 1.29 is 9.53 Å². The molecule has 1 saturated heterocycles. The first-order valence-corrected chi connectivity index (χ1v) is 10.9. The lowest BCUT2D eigenvalue weighted by atomic mass is 9.88. The van der Waals surface area contributed by atoms with Gasteiger partial charge >= 0.3 is 0 Å². The molecule has 1 aliphatic heterocycles. The molecule has 2 heterocycles. The average Bonchev–Trinajstić information content (AvgIpc) is 3.26. The van der Waals surface area contributed by atoms with E-state index in [1.807, 2.05) is 16.2 Å². The van der Waals surface area contributed by atoms with Crippen molar-refractivity contribution in [1.29, 1.82) is 0 Å². The van der Waals surface area contributed by atoms with Gasteiger partial charge in [0.1, 0.15) is 6.61 Å². The Hall–Kier alpha value is -1.69. The van der Waals surface area contributed by atoms with Crippen molar-refractivity contribution in [1.82, 2.24) is 9.80 Å². The summed E-state index contributed by atoms with van der Waals surface area (Å²) in [5.41, 5.74) is 1.38. The normalized spacial score (nSPS) is 20.0. The Kier molecular flexibility index (Phi) is 7.27. The largest absolute Gasteiger partial charge is 0.375 e. The number of likely N-dealkylation sites (tertiary alicyclic amines) is 1. The number of methoxy groups -OCH3 is 1. The highest BCUT2D eigenvalue weighted by Crippen LogP contribution is 2.35. The first kappa shape index (κ1) is 21.0. The maximum absolute atomic E-state index is 12.6. The van der Waals surface area contributed by atoms with Crippen LogP contribution >= 0.6 is 11.3 Å². The third-order valence-corrected chi connectivity index (χ3v) is 6.55. The molecule has 1 fully saturated rings. The summed E-state index contributed by atoms with van der Waals surface area (Å²) in [6.45, 7) is 10.3. The van der Waals surface area contributed by atoms with E-state index in [1.54, 1.807) is 7.11 Å². The number of rotatable bonds is 8. The highest BCUT2D eigenvalue weighted by Gasteiger charge is 2.36. The van der Waals surface area contributed by atoms with Gasteiger partial charge in [0.05, 0.1) is 0 Å². The van der Waals surface area contributed by atoms with Crippen LogP contribution in [0.3, 0.4) is 0 Å². The minimum Gasteiger partial charge on any atom is -0.375 e. The van der Waals surface area contributed by atoms with E-state index in [9.17, 15) is 4.79 Å². The molecular formula is C23H32N2O2S. The van der Waals surface area contributed by atoms with Crippen LogP contribution in [0, 0.1) is 12.8 Å². The second-order valence-electron chi connectivity index (χ2n) is 8.06. The number of aryl methyl sites for hydroxylation is 1. The van der Waals surface area contributed by atoms with E-state index in [4.69, 9.17) is 4.74 Å². The summed E-state index contributed by atoms with van der Waals surface area (Å²) in [4.78, 5) is 19.9. The lowest BCUT2D eigenvalue weighted by Gasteiger charge is -2.31. The molecule has 0 aliphatic carbocycles. The number of carbonyl (C=O) groups excluding carboxylic acids is 1. The summed E-state index contributed by atoms with van der Waals surface area (Å²) in [7, 11) is 1.59. The van der Waals surface area contributed by atoms with Gasteiger partial charge in [0, 0.05) is 55.0 Å². The Morgan fingerprint density at radius 2 is 1.96 bits per heavy atom. The van der Waals surface area contributed by atoms with Gasteiger partial charge in [-0.1, -0.05) is 30.3 Å². The fourth-order valence-corrected chi connectivity index (χ4v) is 5.14. The van der Waals surface area contributed by atoms with E-state index in [1.165, 1.54) is 15.3 Å².